The molecule has 4 aliphatic rings. The van der Waals surface area contributed by atoms with Crippen LogP contribution < -0.4 is 0 Å². The van der Waals surface area contributed by atoms with Crippen LogP contribution in [0, 0.1) is 0 Å². The molecule has 3 aliphatic heterocycles. The number of piperazine rings is 1. The third-order valence-corrected chi connectivity index (χ3v) is 11.2. The first-order chi connectivity index (χ1) is 19.1. The fraction of sp³-hybridized carbons (Fsp3) is 0.500. The van der Waals surface area contributed by atoms with Gasteiger partial charge in [-0.25, -0.2) is 8.42 Å². The summed E-state index contributed by atoms with van der Waals surface area (Å²) in [6, 6.07) is 10.1. The fourth-order valence-electron chi connectivity index (χ4n) is 6.30. The number of halogens is 3. The number of rotatable bonds is 6. The molecule has 0 radical (unpaired) electrons. The number of amides is 2. The molecular weight excluding hydrogens is 595 g/mol. The van der Waals surface area contributed by atoms with Crippen LogP contribution >= 0.6 is 34.8 Å². The number of fused-ring (bicyclic) bond motifs is 1. The molecule has 40 heavy (non-hydrogen) atoms. The molecule has 0 bridgehead atoms. The summed E-state index contributed by atoms with van der Waals surface area (Å²) in [5.41, 5.74) is 0.810. The number of carbonyl (C=O) groups is 2. The number of sulfonamides is 1. The molecule has 4 fully saturated rings. The Morgan fingerprint density at radius 2 is 1.57 bits per heavy atom. The van der Waals surface area contributed by atoms with E-state index < -0.39 is 28.3 Å². The topological polar surface area (TPSA) is 81.2 Å². The van der Waals surface area contributed by atoms with Crippen LogP contribution in [0.4, 0.5) is 0 Å². The second-order valence-electron chi connectivity index (χ2n) is 11.1. The van der Waals surface area contributed by atoms with Crippen LogP contribution in [0.25, 0.3) is 0 Å². The number of hydrogen-bond acceptors (Lipinski definition) is 5. The van der Waals surface area contributed by atoms with Gasteiger partial charge in [0.2, 0.25) is 21.8 Å². The maximum Gasteiger partial charge on any atom is 0.246 e. The van der Waals surface area contributed by atoms with Gasteiger partial charge in [0.05, 0.1) is 11.6 Å². The van der Waals surface area contributed by atoms with E-state index in [1.54, 1.807) is 21.9 Å². The standard InChI is InChI=1S/C28H31Cl3N4O4S/c29-19-6-4-5-18(13-19)14-23-27(36)33(21-8-9-21)17-26-34(40(38,39)25-10-7-20(30)15-22(25)31)16-24(28(37)35(23)26)32-11-2-1-3-12-32/h4-7,10,13,15,21,23-24,26H,1-3,8-9,11-12,14,16-17H2. The zero-order chi connectivity index (χ0) is 28.2. The Balaban J connectivity index is 1.45. The molecule has 3 saturated heterocycles. The van der Waals surface area contributed by atoms with Crippen LogP contribution in [-0.2, 0) is 26.0 Å². The molecule has 0 N–H and O–H groups in total. The van der Waals surface area contributed by atoms with Crippen molar-refractivity contribution in [3.05, 3.63) is 63.1 Å². The Hall–Kier alpha value is -1.88. The van der Waals surface area contributed by atoms with Gasteiger partial charge in [-0.2, -0.15) is 4.31 Å². The Morgan fingerprint density at radius 3 is 2.25 bits per heavy atom. The molecule has 0 aromatic heterocycles. The van der Waals surface area contributed by atoms with Gasteiger partial charge in [-0.1, -0.05) is 53.4 Å². The number of hydrogen-bond donors (Lipinski definition) is 0. The molecule has 3 atom stereocenters. The average molecular weight is 626 g/mol. The molecule has 1 saturated carbocycles. The highest BCUT2D eigenvalue weighted by Gasteiger charge is 2.56. The van der Waals surface area contributed by atoms with Crippen molar-refractivity contribution in [2.75, 3.05) is 26.2 Å². The highest BCUT2D eigenvalue weighted by Crippen LogP contribution is 2.39. The summed E-state index contributed by atoms with van der Waals surface area (Å²) in [6.45, 7) is 1.52. The quantitative estimate of drug-likeness (QED) is 0.479. The SMILES string of the molecule is O=C1C(Cc2cccc(Cl)c2)N2C(=O)C(N3CCCCC3)CN(S(=O)(=O)c3ccc(Cl)cc3Cl)C2CN1C1CC1. The summed E-state index contributed by atoms with van der Waals surface area (Å²) in [5, 5.41) is 0.886. The monoisotopic (exact) mass is 624 g/mol. The highest BCUT2D eigenvalue weighted by atomic mass is 35.5. The third-order valence-electron chi connectivity index (χ3n) is 8.43. The lowest BCUT2D eigenvalue weighted by Crippen LogP contribution is -2.76. The lowest BCUT2D eigenvalue weighted by Gasteiger charge is -2.55. The number of nitrogens with zero attached hydrogens (tertiary/aromatic N) is 4. The Labute approximate surface area is 249 Å². The molecule has 3 unspecified atom stereocenters. The number of benzene rings is 2. The molecule has 2 aromatic carbocycles. The molecule has 1 aliphatic carbocycles. The molecule has 3 heterocycles. The van der Waals surface area contributed by atoms with Crippen LogP contribution in [0.2, 0.25) is 15.1 Å². The van der Waals surface area contributed by atoms with Crippen LogP contribution in [0.3, 0.4) is 0 Å². The Bertz CT molecular complexity index is 1430. The van der Waals surface area contributed by atoms with Crippen LogP contribution in [-0.4, -0.2) is 89.7 Å². The molecule has 2 aromatic rings. The number of likely N-dealkylation sites (tertiary alicyclic amines) is 1. The molecule has 0 spiro atoms. The Kier molecular flexibility index (Phi) is 7.82. The van der Waals surface area contributed by atoms with E-state index >= 15 is 0 Å². The Morgan fingerprint density at radius 1 is 0.850 bits per heavy atom. The van der Waals surface area contributed by atoms with E-state index in [4.69, 9.17) is 34.8 Å². The van der Waals surface area contributed by atoms with Crippen molar-refractivity contribution in [1.82, 2.24) is 19.0 Å². The van der Waals surface area contributed by atoms with Crippen molar-refractivity contribution in [2.45, 2.75) is 67.7 Å². The van der Waals surface area contributed by atoms with Crippen LogP contribution in [0.1, 0.15) is 37.7 Å². The lowest BCUT2D eigenvalue weighted by molar-refractivity contribution is -0.171. The molecule has 12 heteroatoms. The van der Waals surface area contributed by atoms with Gasteiger partial charge in [0.25, 0.3) is 0 Å². The maximum absolute atomic E-state index is 14.3. The van der Waals surface area contributed by atoms with Crippen molar-refractivity contribution >= 4 is 56.6 Å². The maximum atomic E-state index is 14.3. The van der Waals surface area contributed by atoms with Crippen molar-refractivity contribution in [1.29, 1.82) is 0 Å². The van der Waals surface area contributed by atoms with Crippen LogP contribution in [0.5, 0.6) is 0 Å². The minimum absolute atomic E-state index is 0.00211. The van der Waals surface area contributed by atoms with Crippen LogP contribution in [0.15, 0.2) is 47.4 Å². The third kappa shape index (κ3) is 5.25. The summed E-state index contributed by atoms with van der Waals surface area (Å²) >= 11 is 18.8. The molecule has 8 nitrogen and oxygen atoms in total. The molecular formula is C28H31Cl3N4O4S. The van der Waals surface area contributed by atoms with Crippen molar-refractivity contribution in [3.8, 4) is 0 Å². The average Bonchev–Trinajstić information content (AvgIpc) is 3.76. The fourth-order valence-corrected chi connectivity index (χ4v) is 8.84. The normalized spacial score (nSPS) is 26.7. The second kappa shape index (κ2) is 11.1. The second-order valence-corrected chi connectivity index (χ2v) is 14.2. The minimum Gasteiger partial charge on any atom is -0.334 e. The van der Waals surface area contributed by atoms with E-state index in [9.17, 15) is 18.0 Å². The zero-order valence-electron chi connectivity index (χ0n) is 21.9. The van der Waals surface area contributed by atoms with E-state index in [2.05, 4.69) is 4.90 Å². The van der Waals surface area contributed by atoms with E-state index in [1.165, 1.54) is 22.5 Å². The van der Waals surface area contributed by atoms with Gasteiger partial charge in [-0.3, -0.25) is 14.5 Å². The van der Waals surface area contributed by atoms with Gasteiger partial charge in [-0.15, -0.1) is 0 Å². The summed E-state index contributed by atoms with van der Waals surface area (Å²) in [4.78, 5) is 33.6. The van der Waals surface area contributed by atoms with Crippen molar-refractivity contribution in [3.63, 3.8) is 0 Å². The van der Waals surface area contributed by atoms with Gasteiger partial charge in [0, 0.05) is 29.1 Å². The van der Waals surface area contributed by atoms with Crippen molar-refractivity contribution < 1.29 is 18.0 Å². The first kappa shape index (κ1) is 28.2. The molecule has 2 amide bonds. The van der Waals surface area contributed by atoms with Gasteiger partial charge < -0.3 is 9.80 Å². The summed E-state index contributed by atoms with van der Waals surface area (Å²) in [5.74, 6) is -0.343. The summed E-state index contributed by atoms with van der Waals surface area (Å²) in [6.07, 6.45) is 4.05. The van der Waals surface area contributed by atoms with E-state index in [1.807, 2.05) is 12.1 Å². The van der Waals surface area contributed by atoms with E-state index in [-0.39, 0.29) is 47.3 Å². The van der Waals surface area contributed by atoms with Gasteiger partial charge in [-0.05, 0) is 74.7 Å². The van der Waals surface area contributed by atoms with E-state index in [0.717, 1.165) is 37.7 Å². The number of piperidine rings is 1. The summed E-state index contributed by atoms with van der Waals surface area (Å²) in [7, 11) is -4.16. The van der Waals surface area contributed by atoms with E-state index in [0.29, 0.717) is 23.1 Å². The zero-order valence-corrected chi connectivity index (χ0v) is 25.0. The van der Waals surface area contributed by atoms with Gasteiger partial charge in [0.1, 0.15) is 23.1 Å². The molecule has 214 valence electrons. The molecule has 6 rings (SSSR count). The van der Waals surface area contributed by atoms with Gasteiger partial charge in [0.15, 0.2) is 0 Å². The highest BCUT2D eigenvalue weighted by molar-refractivity contribution is 7.89. The smallest absolute Gasteiger partial charge is 0.246 e. The predicted molar refractivity (Wildman–Crippen MR) is 154 cm³/mol. The first-order valence-electron chi connectivity index (χ1n) is 13.7. The van der Waals surface area contributed by atoms with Crippen molar-refractivity contribution in [2.24, 2.45) is 0 Å². The minimum atomic E-state index is -4.16. The lowest BCUT2D eigenvalue weighted by atomic mass is 9.96. The summed E-state index contributed by atoms with van der Waals surface area (Å²) < 4.78 is 30.0. The van der Waals surface area contributed by atoms with Gasteiger partial charge >= 0.3 is 0 Å². The number of carbonyl (C=O) groups excluding carboxylic acids is 2. The predicted octanol–water partition coefficient (Wildman–Crippen LogP) is 4.28. The first-order valence-corrected chi connectivity index (χ1v) is 16.3. The largest absolute Gasteiger partial charge is 0.334 e.